The molecule has 3 aromatic carbocycles. The monoisotopic (exact) mass is 601 g/mol. The van der Waals surface area contributed by atoms with Crippen LogP contribution in [0.2, 0.25) is 5.02 Å². The Kier molecular flexibility index (Phi) is 8.97. The lowest BCUT2D eigenvalue weighted by Crippen LogP contribution is -2.22. The van der Waals surface area contributed by atoms with Gasteiger partial charge in [-0.15, -0.1) is 0 Å². The molecular formula is C35H36ClNO4S. The maximum atomic E-state index is 14.0. The molecule has 0 radical (unpaired) electrons. The number of halogens is 1. The molecule has 2 atom stereocenters. The van der Waals surface area contributed by atoms with Gasteiger partial charge >= 0.3 is 5.97 Å². The van der Waals surface area contributed by atoms with Crippen LogP contribution in [0.25, 0.3) is 23.1 Å². The van der Waals surface area contributed by atoms with Crippen molar-refractivity contribution in [1.82, 2.24) is 4.98 Å². The van der Waals surface area contributed by atoms with E-state index < -0.39 is 22.4 Å². The number of carboxylic acids is 1. The van der Waals surface area contributed by atoms with Gasteiger partial charge in [-0.2, -0.15) is 0 Å². The van der Waals surface area contributed by atoms with Gasteiger partial charge in [-0.25, -0.2) is 4.98 Å². The Morgan fingerprint density at radius 1 is 1.05 bits per heavy atom. The lowest BCUT2D eigenvalue weighted by molar-refractivity contribution is -0.138. The average Bonchev–Trinajstić information content (AvgIpc) is 3.69. The molecule has 1 saturated carbocycles. The van der Waals surface area contributed by atoms with E-state index in [-0.39, 0.29) is 17.1 Å². The molecular weight excluding hydrogens is 566 g/mol. The molecule has 4 aromatic rings. The van der Waals surface area contributed by atoms with Crippen LogP contribution in [-0.4, -0.2) is 31.1 Å². The molecule has 1 unspecified atom stereocenters. The largest absolute Gasteiger partial charge is 0.481 e. The summed E-state index contributed by atoms with van der Waals surface area (Å²) in [5.41, 5.74) is 4.09. The number of aromatic nitrogens is 1. The molecule has 0 aliphatic heterocycles. The summed E-state index contributed by atoms with van der Waals surface area (Å²) in [4.78, 5) is 16.2. The normalized spacial score (nSPS) is 16.0. The smallest absolute Gasteiger partial charge is 0.303 e. The highest BCUT2D eigenvalue weighted by atomic mass is 35.5. The van der Waals surface area contributed by atoms with Crippen molar-refractivity contribution in [3.63, 3.8) is 0 Å². The van der Waals surface area contributed by atoms with Gasteiger partial charge in [0.2, 0.25) is 0 Å². The molecule has 1 aliphatic carbocycles. The van der Waals surface area contributed by atoms with Gasteiger partial charge in [0.1, 0.15) is 0 Å². The van der Waals surface area contributed by atoms with Crippen molar-refractivity contribution in [1.29, 1.82) is 0 Å². The van der Waals surface area contributed by atoms with E-state index in [1.165, 1.54) is 0 Å². The van der Waals surface area contributed by atoms with Gasteiger partial charge < -0.3 is 10.2 Å². The minimum Gasteiger partial charge on any atom is -0.481 e. The highest BCUT2D eigenvalue weighted by Gasteiger charge is 2.46. The molecule has 1 heterocycles. The van der Waals surface area contributed by atoms with Crippen LogP contribution < -0.4 is 0 Å². The van der Waals surface area contributed by atoms with Crippen LogP contribution >= 0.6 is 11.6 Å². The second kappa shape index (κ2) is 12.5. The molecule has 1 fully saturated rings. The van der Waals surface area contributed by atoms with Crippen molar-refractivity contribution in [2.24, 2.45) is 5.41 Å². The fraction of sp³-hybridized carbons (Fsp3) is 0.314. The SMILES string of the molecule is CC(C)(O)c1ccccc1CC[C@H](c1cccc(C=Cc2ccc3ccc(Cl)cc3n2)c1)S(=O)CC1(CC(=O)O)CC1. The summed E-state index contributed by atoms with van der Waals surface area (Å²) in [5, 5.41) is 21.6. The predicted molar refractivity (Wildman–Crippen MR) is 172 cm³/mol. The Labute approximate surface area is 254 Å². The van der Waals surface area contributed by atoms with E-state index in [4.69, 9.17) is 16.6 Å². The number of rotatable bonds is 12. The first-order valence-electron chi connectivity index (χ1n) is 14.3. The van der Waals surface area contributed by atoms with Crippen molar-refractivity contribution in [3.8, 4) is 0 Å². The first-order valence-corrected chi connectivity index (χ1v) is 16.0. The van der Waals surface area contributed by atoms with Gasteiger partial charge in [0.05, 0.1) is 28.5 Å². The van der Waals surface area contributed by atoms with E-state index >= 15 is 0 Å². The molecule has 2 N–H and O–H groups in total. The quantitative estimate of drug-likeness (QED) is 0.172. The summed E-state index contributed by atoms with van der Waals surface area (Å²) in [6.07, 6.45) is 6.86. The Morgan fingerprint density at radius 3 is 2.55 bits per heavy atom. The van der Waals surface area contributed by atoms with Gasteiger partial charge in [0.15, 0.2) is 0 Å². The van der Waals surface area contributed by atoms with E-state index in [1.807, 2.05) is 84.9 Å². The van der Waals surface area contributed by atoms with Crippen molar-refractivity contribution in [2.75, 3.05) is 5.75 Å². The first-order chi connectivity index (χ1) is 20.0. The number of pyridine rings is 1. The fourth-order valence-corrected chi connectivity index (χ4v) is 7.78. The molecule has 218 valence electrons. The Hall–Kier alpha value is -3.32. The summed E-state index contributed by atoms with van der Waals surface area (Å²) in [5.74, 6) is -0.461. The Morgan fingerprint density at radius 2 is 1.81 bits per heavy atom. The minimum absolute atomic E-state index is 0.0553. The third-order valence-corrected chi connectivity index (χ3v) is 10.3. The van der Waals surface area contributed by atoms with E-state index in [0.717, 1.165) is 51.7 Å². The molecule has 0 bridgehead atoms. The third kappa shape index (κ3) is 7.54. The molecule has 1 aromatic heterocycles. The zero-order chi connectivity index (χ0) is 29.9. The number of hydrogen-bond acceptors (Lipinski definition) is 4. The molecule has 42 heavy (non-hydrogen) atoms. The summed E-state index contributed by atoms with van der Waals surface area (Å²) >= 11 is 6.16. The molecule has 0 saturated heterocycles. The zero-order valence-electron chi connectivity index (χ0n) is 23.9. The minimum atomic E-state index is -1.27. The summed E-state index contributed by atoms with van der Waals surface area (Å²) in [6.45, 7) is 3.55. The van der Waals surface area contributed by atoms with Gasteiger partial charge in [-0.1, -0.05) is 78.3 Å². The van der Waals surface area contributed by atoms with E-state index in [2.05, 4.69) is 6.07 Å². The van der Waals surface area contributed by atoms with Crippen LogP contribution in [0.15, 0.2) is 78.9 Å². The number of aliphatic hydroxyl groups is 1. The summed E-state index contributed by atoms with van der Waals surface area (Å²) < 4.78 is 14.0. The standard InChI is InChI=1S/C35H36ClNO4S/c1-34(2,40)30-9-4-3-7-25(30)13-17-32(42(41)23-35(18-19-35)22-33(38)39)27-8-5-6-24(20-27)10-15-29-16-12-26-11-14-28(36)21-31(26)37-29/h3-12,14-16,20-21,32,40H,13,17-19,22-23H2,1-2H3,(H,38,39)/t32-,42?/m1/s1. The second-order valence-electron chi connectivity index (χ2n) is 11.9. The maximum Gasteiger partial charge on any atom is 0.303 e. The average molecular weight is 602 g/mol. The van der Waals surface area contributed by atoms with E-state index in [1.54, 1.807) is 13.8 Å². The molecule has 1 aliphatic rings. The molecule has 0 spiro atoms. The van der Waals surface area contributed by atoms with Crippen LogP contribution in [0.1, 0.15) is 72.7 Å². The van der Waals surface area contributed by atoms with Gasteiger partial charge in [-0.3, -0.25) is 9.00 Å². The topological polar surface area (TPSA) is 87.5 Å². The lowest BCUT2D eigenvalue weighted by Gasteiger charge is -2.24. The highest BCUT2D eigenvalue weighted by Crippen LogP contribution is 2.50. The molecule has 0 amide bonds. The number of aryl methyl sites for hydroxylation is 1. The van der Waals surface area contributed by atoms with Crippen LogP contribution in [0, 0.1) is 5.41 Å². The van der Waals surface area contributed by atoms with Gasteiger partial charge in [-0.05, 0) is 91.5 Å². The Bertz CT molecular complexity index is 1650. The van der Waals surface area contributed by atoms with Crippen LogP contribution in [-0.2, 0) is 27.6 Å². The third-order valence-electron chi connectivity index (χ3n) is 8.01. The van der Waals surface area contributed by atoms with Crippen molar-refractivity contribution in [3.05, 3.63) is 112 Å². The number of aliphatic carboxylic acids is 1. The fourth-order valence-electron chi connectivity index (χ4n) is 5.59. The van der Waals surface area contributed by atoms with E-state index in [0.29, 0.717) is 23.6 Å². The van der Waals surface area contributed by atoms with Crippen LogP contribution in [0.5, 0.6) is 0 Å². The summed E-state index contributed by atoms with van der Waals surface area (Å²) in [6, 6.07) is 25.5. The molecule has 5 rings (SSSR count). The van der Waals surface area contributed by atoms with Crippen LogP contribution in [0.4, 0.5) is 0 Å². The zero-order valence-corrected chi connectivity index (χ0v) is 25.5. The number of carbonyl (C=O) groups is 1. The number of benzene rings is 3. The molecule has 7 heteroatoms. The van der Waals surface area contributed by atoms with Gasteiger partial charge in [0.25, 0.3) is 0 Å². The first kappa shape index (κ1) is 30.1. The number of nitrogens with zero attached hydrogens (tertiary/aromatic N) is 1. The Balaban J connectivity index is 1.41. The van der Waals surface area contributed by atoms with E-state index in [9.17, 15) is 19.2 Å². The predicted octanol–water partition coefficient (Wildman–Crippen LogP) is 7.96. The number of hydrogen-bond donors (Lipinski definition) is 2. The lowest BCUT2D eigenvalue weighted by atomic mass is 9.90. The second-order valence-corrected chi connectivity index (χ2v) is 14.0. The van der Waals surface area contributed by atoms with Gasteiger partial charge in [0, 0.05) is 27.0 Å². The summed E-state index contributed by atoms with van der Waals surface area (Å²) in [7, 11) is -1.27. The van der Waals surface area contributed by atoms with Crippen LogP contribution in [0.3, 0.4) is 0 Å². The molecule has 5 nitrogen and oxygen atoms in total. The number of carboxylic acid groups (broad SMARTS) is 1. The highest BCUT2D eigenvalue weighted by molar-refractivity contribution is 7.85. The maximum absolute atomic E-state index is 14.0. The van der Waals surface area contributed by atoms with Crippen molar-refractivity contribution in [2.45, 2.75) is 56.8 Å². The van der Waals surface area contributed by atoms with Crippen molar-refractivity contribution < 1.29 is 19.2 Å². The number of fused-ring (bicyclic) bond motifs is 1. The van der Waals surface area contributed by atoms with Crippen molar-refractivity contribution >= 4 is 51.4 Å².